The second kappa shape index (κ2) is 4.35. The van der Waals surface area contributed by atoms with Gasteiger partial charge in [0.1, 0.15) is 11.6 Å². The van der Waals surface area contributed by atoms with Gasteiger partial charge in [0.05, 0.1) is 0 Å². The molecule has 4 nitrogen and oxygen atoms in total. The zero-order chi connectivity index (χ0) is 11.5. The van der Waals surface area contributed by atoms with Crippen molar-refractivity contribution >= 4 is 17.3 Å². The van der Waals surface area contributed by atoms with Gasteiger partial charge in [-0.2, -0.15) is 0 Å². The predicted octanol–water partition coefficient (Wildman–Crippen LogP) is 1.20. The highest BCUT2D eigenvalue weighted by Gasteiger charge is 2.36. The number of carbonyl (C=O) groups is 3. The maximum absolute atomic E-state index is 11.9. The lowest BCUT2D eigenvalue weighted by atomic mass is 9.83. The van der Waals surface area contributed by atoms with Gasteiger partial charge >= 0.3 is 0 Å². The summed E-state index contributed by atoms with van der Waals surface area (Å²) in [7, 11) is 0. The highest BCUT2D eigenvalue weighted by Crippen LogP contribution is 2.20. The molecule has 0 atom stereocenters. The lowest BCUT2D eigenvalue weighted by Crippen LogP contribution is -2.35. The average molecular weight is 217 g/mol. The van der Waals surface area contributed by atoms with Crippen molar-refractivity contribution in [1.82, 2.24) is 4.98 Å². The van der Waals surface area contributed by atoms with E-state index < -0.39 is 11.7 Å². The molecule has 1 fully saturated rings. The summed E-state index contributed by atoms with van der Waals surface area (Å²) in [5.74, 6) is -2.11. The topological polar surface area (TPSA) is 64.1 Å². The lowest BCUT2D eigenvalue weighted by Gasteiger charge is -2.17. The number of ketones is 3. The molecule has 0 unspecified atom stereocenters. The molecule has 1 aromatic rings. The molecule has 0 N–H and O–H groups in total. The molecule has 1 heterocycles. The van der Waals surface area contributed by atoms with Crippen LogP contribution >= 0.6 is 0 Å². The molecule has 1 aliphatic carbocycles. The van der Waals surface area contributed by atoms with Crippen LogP contribution < -0.4 is 0 Å². The van der Waals surface area contributed by atoms with Crippen LogP contribution in [0.4, 0.5) is 0 Å². The van der Waals surface area contributed by atoms with Crippen molar-refractivity contribution in [3.8, 4) is 0 Å². The first-order valence-corrected chi connectivity index (χ1v) is 5.21. The molecule has 82 valence electrons. The van der Waals surface area contributed by atoms with Crippen LogP contribution in [-0.2, 0) is 9.59 Å². The molecule has 0 radical (unpaired) electrons. The summed E-state index contributed by atoms with van der Waals surface area (Å²) in [6.07, 6.45) is 2.67. The molecule has 1 aliphatic rings. The van der Waals surface area contributed by atoms with Crippen molar-refractivity contribution in [1.29, 1.82) is 0 Å². The number of hydrogen-bond donors (Lipinski definition) is 0. The minimum atomic E-state index is -1.11. The maximum atomic E-state index is 11.9. The van der Waals surface area contributed by atoms with Gasteiger partial charge in [-0.3, -0.25) is 19.4 Å². The second-order valence-electron chi connectivity index (χ2n) is 3.80. The lowest BCUT2D eigenvalue weighted by molar-refractivity contribution is -0.133. The Hall–Kier alpha value is -1.84. The average Bonchev–Trinajstić information content (AvgIpc) is 2.30. The van der Waals surface area contributed by atoms with E-state index in [-0.39, 0.29) is 17.3 Å². The summed E-state index contributed by atoms with van der Waals surface area (Å²) < 4.78 is 0. The Balaban J connectivity index is 2.27. The van der Waals surface area contributed by atoms with E-state index in [0.29, 0.717) is 19.3 Å². The van der Waals surface area contributed by atoms with Crippen LogP contribution in [0, 0.1) is 5.92 Å². The Morgan fingerprint density at radius 2 is 1.88 bits per heavy atom. The summed E-state index contributed by atoms with van der Waals surface area (Å²) in [6, 6.07) is 4.87. The zero-order valence-electron chi connectivity index (χ0n) is 8.68. The minimum absolute atomic E-state index is 0.191. The molecule has 0 saturated heterocycles. The summed E-state index contributed by atoms with van der Waals surface area (Å²) in [5, 5.41) is 0. The van der Waals surface area contributed by atoms with Crippen LogP contribution in [0.1, 0.15) is 29.8 Å². The van der Waals surface area contributed by atoms with Gasteiger partial charge in [-0.1, -0.05) is 6.07 Å². The van der Waals surface area contributed by atoms with E-state index in [1.165, 1.54) is 12.3 Å². The molecule has 0 bridgehead atoms. The smallest absolute Gasteiger partial charge is 0.199 e. The quantitative estimate of drug-likeness (QED) is 0.551. The van der Waals surface area contributed by atoms with Crippen LogP contribution in [0.25, 0.3) is 0 Å². The van der Waals surface area contributed by atoms with Crippen molar-refractivity contribution < 1.29 is 14.4 Å². The first kappa shape index (κ1) is 10.7. The summed E-state index contributed by atoms with van der Waals surface area (Å²) >= 11 is 0. The van der Waals surface area contributed by atoms with E-state index in [0.717, 1.165) is 0 Å². The first-order valence-electron chi connectivity index (χ1n) is 5.21. The number of nitrogens with zero attached hydrogens (tertiary/aromatic N) is 1. The van der Waals surface area contributed by atoms with E-state index in [1.54, 1.807) is 12.1 Å². The van der Waals surface area contributed by atoms with E-state index in [1.807, 2.05) is 0 Å². The summed E-state index contributed by atoms with van der Waals surface area (Å²) in [5.41, 5.74) is 0.191. The van der Waals surface area contributed by atoms with Gasteiger partial charge in [-0.25, -0.2) is 0 Å². The number of rotatable bonds is 2. The molecule has 0 amide bonds. The van der Waals surface area contributed by atoms with E-state index in [4.69, 9.17) is 0 Å². The Bertz CT molecular complexity index is 423. The fourth-order valence-corrected chi connectivity index (χ4v) is 1.85. The standard InChI is InChI=1S/C12H11NO3/c14-9-5-3-6-10(15)11(9)12(16)8-4-1-2-7-13-8/h1-2,4,7,11H,3,5-6H2. The molecule has 0 aromatic carbocycles. The van der Waals surface area contributed by atoms with Crippen LogP contribution in [0.15, 0.2) is 24.4 Å². The van der Waals surface area contributed by atoms with E-state index in [2.05, 4.69) is 4.98 Å². The third-order valence-electron chi connectivity index (χ3n) is 2.67. The largest absolute Gasteiger partial charge is 0.298 e. The van der Waals surface area contributed by atoms with Gasteiger partial charge in [0.15, 0.2) is 17.3 Å². The predicted molar refractivity (Wildman–Crippen MR) is 55.9 cm³/mol. The number of Topliss-reactive ketones (excluding diaryl/α,β-unsaturated/α-hetero) is 3. The van der Waals surface area contributed by atoms with Crippen molar-refractivity contribution in [2.45, 2.75) is 19.3 Å². The fourth-order valence-electron chi connectivity index (χ4n) is 1.85. The van der Waals surface area contributed by atoms with Crippen LogP contribution in [-0.4, -0.2) is 22.3 Å². The van der Waals surface area contributed by atoms with E-state index in [9.17, 15) is 14.4 Å². The fraction of sp³-hybridized carbons (Fsp3) is 0.333. The summed E-state index contributed by atoms with van der Waals surface area (Å²) in [4.78, 5) is 38.9. The highest BCUT2D eigenvalue weighted by molar-refractivity contribution is 6.24. The Labute approximate surface area is 92.7 Å². The van der Waals surface area contributed by atoms with Gasteiger partial charge in [0, 0.05) is 19.0 Å². The van der Waals surface area contributed by atoms with Crippen molar-refractivity contribution in [3.63, 3.8) is 0 Å². The molecular formula is C12H11NO3. The van der Waals surface area contributed by atoms with Crippen LogP contribution in [0.3, 0.4) is 0 Å². The number of aromatic nitrogens is 1. The second-order valence-corrected chi connectivity index (χ2v) is 3.80. The number of hydrogen-bond acceptors (Lipinski definition) is 4. The van der Waals surface area contributed by atoms with Crippen LogP contribution in [0.2, 0.25) is 0 Å². The van der Waals surface area contributed by atoms with Gasteiger partial charge in [-0.15, -0.1) is 0 Å². The van der Waals surface area contributed by atoms with Crippen molar-refractivity contribution in [3.05, 3.63) is 30.1 Å². The molecular weight excluding hydrogens is 206 g/mol. The first-order chi connectivity index (χ1) is 7.70. The molecule has 1 saturated carbocycles. The highest BCUT2D eigenvalue weighted by atomic mass is 16.2. The third-order valence-corrected chi connectivity index (χ3v) is 2.67. The normalized spacial score (nSPS) is 17.5. The maximum Gasteiger partial charge on any atom is 0.199 e. The third kappa shape index (κ3) is 1.91. The van der Waals surface area contributed by atoms with Gasteiger partial charge in [0.25, 0.3) is 0 Å². The number of pyridine rings is 1. The molecule has 0 spiro atoms. The number of carbonyl (C=O) groups excluding carboxylic acids is 3. The zero-order valence-corrected chi connectivity index (χ0v) is 8.68. The monoisotopic (exact) mass is 217 g/mol. The Morgan fingerprint density at radius 1 is 1.19 bits per heavy atom. The van der Waals surface area contributed by atoms with Gasteiger partial charge in [0.2, 0.25) is 0 Å². The molecule has 4 heteroatoms. The molecule has 16 heavy (non-hydrogen) atoms. The molecule has 0 aliphatic heterocycles. The SMILES string of the molecule is O=C1CCCC(=O)C1C(=O)c1ccccn1. The summed E-state index contributed by atoms with van der Waals surface area (Å²) in [6.45, 7) is 0. The van der Waals surface area contributed by atoms with Crippen molar-refractivity contribution in [2.75, 3.05) is 0 Å². The van der Waals surface area contributed by atoms with Crippen LogP contribution in [0.5, 0.6) is 0 Å². The van der Waals surface area contributed by atoms with Gasteiger partial charge < -0.3 is 0 Å². The minimum Gasteiger partial charge on any atom is -0.298 e. The Morgan fingerprint density at radius 3 is 2.44 bits per heavy atom. The Kier molecular flexibility index (Phi) is 2.90. The van der Waals surface area contributed by atoms with E-state index >= 15 is 0 Å². The van der Waals surface area contributed by atoms with Gasteiger partial charge in [-0.05, 0) is 18.6 Å². The van der Waals surface area contributed by atoms with Crippen molar-refractivity contribution in [2.24, 2.45) is 5.92 Å². The molecule has 2 rings (SSSR count). The molecule has 1 aromatic heterocycles.